The van der Waals surface area contributed by atoms with Crippen LogP contribution in [0.5, 0.6) is 5.75 Å². The zero-order valence-corrected chi connectivity index (χ0v) is 11.2. The molecule has 0 unspecified atom stereocenters. The average molecular weight is 260 g/mol. The third-order valence-corrected chi connectivity index (χ3v) is 4.20. The molecule has 0 saturated heterocycles. The summed E-state index contributed by atoms with van der Waals surface area (Å²) in [5.74, 6) is 1.03. The third kappa shape index (κ3) is 2.34. The fraction of sp³-hybridized carbons (Fsp3) is 0.357. The quantitative estimate of drug-likeness (QED) is 0.916. The van der Waals surface area contributed by atoms with Gasteiger partial charge < -0.3 is 10.1 Å². The first-order valence-electron chi connectivity index (χ1n) is 6.28. The number of aromatic nitrogens is 1. The van der Waals surface area contributed by atoms with Crippen molar-refractivity contribution in [2.45, 2.75) is 26.3 Å². The van der Waals surface area contributed by atoms with Crippen molar-refractivity contribution in [1.29, 1.82) is 0 Å². The largest absolute Gasteiger partial charge is 0.493 e. The molecule has 1 aliphatic heterocycles. The first kappa shape index (κ1) is 11.5. The Hall–Kier alpha value is -1.55. The molecule has 0 amide bonds. The van der Waals surface area contributed by atoms with Gasteiger partial charge in [-0.25, -0.2) is 4.98 Å². The van der Waals surface area contributed by atoms with Crippen molar-refractivity contribution in [2.24, 2.45) is 0 Å². The van der Waals surface area contributed by atoms with E-state index in [1.54, 1.807) is 11.3 Å². The maximum atomic E-state index is 5.50. The van der Waals surface area contributed by atoms with Crippen molar-refractivity contribution >= 4 is 17.0 Å². The Labute approximate surface area is 111 Å². The fourth-order valence-electron chi connectivity index (χ4n) is 2.08. The Kier molecular flexibility index (Phi) is 3.19. The van der Waals surface area contributed by atoms with Crippen LogP contribution in [0.1, 0.15) is 22.4 Å². The van der Waals surface area contributed by atoms with E-state index in [0.29, 0.717) is 0 Å². The average Bonchev–Trinajstić information content (AvgIpc) is 3.04. The summed E-state index contributed by atoms with van der Waals surface area (Å²) >= 11 is 1.78. The van der Waals surface area contributed by atoms with Gasteiger partial charge in [-0.2, -0.15) is 0 Å². The van der Waals surface area contributed by atoms with Crippen molar-refractivity contribution in [3.05, 3.63) is 39.8 Å². The Balaban J connectivity index is 1.66. The van der Waals surface area contributed by atoms with Gasteiger partial charge in [0.2, 0.25) is 0 Å². The molecule has 2 heterocycles. The number of hydrogen-bond acceptors (Lipinski definition) is 4. The highest BCUT2D eigenvalue weighted by molar-refractivity contribution is 7.11. The smallest absolute Gasteiger partial charge is 0.122 e. The van der Waals surface area contributed by atoms with Crippen LogP contribution in [-0.4, -0.2) is 11.6 Å². The first-order valence-corrected chi connectivity index (χ1v) is 7.10. The van der Waals surface area contributed by atoms with Crippen LogP contribution in [-0.2, 0) is 19.4 Å². The summed E-state index contributed by atoms with van der Waals surface area (Å²) in [6, 6.07) is 6.31. The maximum absolute atomic E-state index is 5.50. The summed E-state index contributed by atoms with van der Waals surface area (Å²) in [7, 11) is 0. The number of nitrogens with one attached hydrogen (secondary N) is 1. The van der Waals surface area contributed by atoms with Gasteiger partial charge in [-0.3, -0.25) is 0 Å². The van der Waals surface area contributed by atoms with Gasteiger partial charge in [0, 0.05) is 23.2 Å². The summed E-state index contributed by atoms with van der Waals surface area (Å²) in [6.45, 7) is 3.79. The lowest BCUT2D eigenvalue weighted by atomic mass is 10.1. The lowest BCUT2D eigenvalue weighted by Crippen LogP contribution is -1.97. The molecule has 2 aromatic rings. The van der Waals surface area contributed by atoms with E-state index in [-0.39, 0.29) is 0 Å². The molecule has 0 saturated carbocycles. The normalized spacial score (nSPS) is 13.2. The molecule has 3 rings (SSSR count). The van der Waals surface area contributed by atoms with Crippen LogP contribution in [0.4, 0.5) is 5.69 Å². The van der Waals surface area contributed by atoms with E-state index in [9.17, 15) is 0 Å². The minimum atomic E-state index is 0.813. The van der Waals surface area contributed by atoms with Crippen LogP contribution >= 0.6 is 11.3 Å². The molecule has 0 spiro atoms. The molecule has 0 fully saturated rings. The SMILES string of the molecule is CCc1ncc(CNc2ccc3c(c2)CCO3)s1. The van der Waals surface area contributed by atoms with E-state index in [1.807, 2.05) is 6.20 Å². The summed E-state index contributed by atoms with van der Waals surface area (Å²) < 4.78 is 5.50. The van der Waals surface area contributed by atoms with Crippen molar-refractivity contribution in [3.63, 3.8) is 0 Å². The third-order valence-electron chi connectivity index (χ3n) is 3.06. The molecule has 1 aliphatic rings. The lowest BCUT2D eigenvalue weighted by Gasteiger charge is -2.06. The van der Waals surface area contributed by atoms with Gasteiger partial charge in [-0.1, -0.05) is 6.92 Å². The van der Waals surface area contributed by atoms with Crippen LogP contribution in [0.3, 0.4) is 0 Å². The Morgan fingerprint density at radius 3 is 3.22 bits per heavy atom. The lowest BCUT2D eigenvalue weighted by molar-refractivity contribution is 0.357. The monoisotopic (exact) mass is 260 g/mol. The van der Waals surface area contributed by atoms with Crippen LogP contribution in [0.25, 0.3) is 0 Å². The Bertz CT molecular complexity index is 550. The van der Waals surface area contributed by atoms with Crippen LogP contribution in [0.15, 0.2) is 24.4 Å². The van der Waals surface area contributed by atoms with Gasteiger partial charge >= 0.3 is 0 Å². The molecule has 0 aliphatic carbocycles. The number of hydrogen-bond donors (Lipinski definition) is 1. The molecule has 0 radical (unpaired) electrons. The number of fused-ring (bicyclic) bond motifs is 1. The Morgan fingerprint density at radius 2 is 2.39 bits per heavy atom. The van der Waals surface area contributed by atoms with E-state index in [2.05, 4.69) is 35.4 Å². The molecule has 1 N–H and O–H groups in total. The number of ether oxygens (including phenoxy) is 1. The first-order chi connectivity index (χ1) is 8.85. The number of rotatable bonds is 4. The summed E-state index contributed by atoms with van der Waals surface area (Å²) in [5, 5.41) is 4.65. The van der Waals surface area contributed by atoms with Gasteiger partial charge in [0.05, 0.1) is 18.2 Å². The molecule has 1 aromatic carbocycles. The van der Waals surface area contributed by atoms with Crippen LogP contribution in [0, 0.1) is 0 Å². The molecule has 1 aromatic heterocycles. The van der Waals surface area contributed by atoms with Crippen molar-refractivity contribution < 1.29 is 4.74 Å². The minimum Gasteiger partial charge on any atom is -0.493 e. The van der Waals surface area contributed by atoms with Gasteiger partial charge in [0.25, 0.3) is 0 Å². The summed E-state index contributed by atoms with van der Waals surface area (Å²) in [4.78, 5) is 5.64. The zero-order chi connectivity index (χ0) is 12.4. The maximum Gasteiger partial charge on any atom is 0.122 e. The van der Waals surface area contributed by atoms with Crippen molar-refractivity contribution in [3.8, 4) is 5.75 Å². The van der Waals surface area contributed by atoms with E-state index in [4.69, 9.17) is 4.74 Å². The highest BCUT2D eigenvalue weighted by atomic mass is 32.1. The van der Waals surface area contributed by atoms with Crippen molar-refractivity contribution in [2.75, 3.05) is 11.9 Å². The van der Waals surface area contributed by atoms with Gasteiger partial charge in [-0.15, -0.1) is 11.3 Å². The predicted molar refractivity (Wildman–Crippen MR) is 74.5 cm³/mol. The second-order valence-corrected chi connectivity index (χ2v) is 5.55. The summed E-state index contributed by atoms with van der Waals surface area (Å²) in [5.41, 5.74) is 2.46. The predicted octanol–water partition coefficient (Wildman–Crippen LogP) is 3.25. The number of benzene rings is 1. The standard InChI is InChI=1S/C14H16N2OS/c1-2-14-16-9-12(18-14)8-15-11-3-4-13-10(7-11)5-6-17-13/h3-4,7,9,15H,2,5-6,8H2,1H3. The van der Waals surface area contributed by atoms with E-state index >= 15 is 0 Å². The molecule has 3 nitrogen and oxygen atoms in total. The molecular weight excluding hydrogens is 244 g/mol. The molecule has 18 heavy (non-hydrogen) atoms. The molecule has 0 atom stereocenters. The fourth-order valence-corrected chi connectivity index (χ4v) is 2.88. The highest BCUT2D eigenvalue weighted by Crippen LogP contribution is 2.28. The van der Waals surface area contributed by atoms with Gasteiger partial charge in [0.15, 0.2) is 0 Å². The summed E-state index contributed by atoms with van der Waals surface area (Å²) in [6.07, 6.45) is 4.00. The Morgan fingerprint density at radius 1 is 1.44 bits per heavy atom. The number of aryl methyl sites for hydroxylation is 1. The minimum absolute atomic E-state index is 0.813. The molecule has 0 bridgehead atoms. The van der Waals surface area contributed by atoms with E-state index < -0.39 is 0 Å². The van der Waals surface area contributed by atoms with Crippen molar-refractivity contribution in [1.82, 2.24) is 4.98 Å². The zero-order valence-electron chi connectivity index (χ0n) is 10.4. The molecule has 4 heteroatoms. The van der Waals surface area contributed by atoms with Crippen LogP contribution < -0.4 is 10.1 Å². The van der Waals surface area contributed by atoms with Gasteiger partial charge in [0.1, 0.15) is 5.75 Å². The topological polar surface area (TPSA) is 34.2 Å². The van der Waals surface area contributed by atoms with Crippen LogP contribution in [0.2, 0.25) is 0 Å². The second-order valence-electron chi connectivity index (χ2n) is 4.35. The highest BCUT2D eigenvalue weighted by Gasteiger charge is 2.11. The molecule has 94 valence electrons. The second kappa shape index (κ2) is 4.98. The number of thiazole rings is 1. The molecular formula is C14H16N2OS. The van der Waals surface area contributed by atoms with E-state index in [0.717, 1.165) is 37.4 Å². The number of nitrogens with zero attached hydrogens (tertiary/aromatic N) is 1. The van der Waals surface area contributed by atoms with Gasteiger partial charge in [-0.05, 0) is 30.2 Å². The number of anilines is 1. The van der Waals surface area contributed by atoms with E-state index in [1.165, 1.54) is 15.4 Å².